The quantitative estimate of drug-likeness (QED) is 0.856. The van der Waals surface area contributed by atoms with Crippen LogP contribution in [0.4, 0.5) is 13.2 Å². The number of halogens is 3. The van der Waals surface area contributed by atoms with E-state index in [2.05, 4.69) is 0 Å². The molecule has 1 aromatic rings. The van der Waals surface area contributed by atoms with Gasteiger partial charge in [-0.2, -0.15) is 18.4 Å². The van der Waals surface area contributed by atoms with Gasteiger partial charge in [-0.1, -0.05) is 12.1 Å². The van der Waals surface area contributed by atoms with Crippen molar-refractivity contribution in [3.05, 3.63) is 35.4 Å². The molecule has 0 aliphatic carbocycles. The number of aliphatic hydroxyl groups is 2. The normalized spacial score (nSPS) is 15.1. The molecule has 0 heterocycles. The van der Waals surface area contributed by atoms with Crippen molar-refractivity contribution in [2.24, 2.45) is 0 Å². The van der Waals surface area contributed by atoms with Gasteiger partial charge >= 0.3 is 6.18 Å². The predicted molar refractivity (Wildman–Crippen MR) is 52.6 cm³/mol. The first-order valence-electron chi connectivity index (χ1n) is 4.76. The Morgan fingerprint density at radius 2 is 1.71 bits per heavy atom. The summed E-state index contributed by atoms with van der Waals surface area (Å²) in [6.07, 6.45) is -7.40. The maximum atomic E-state index is 12.2. The number of benzene rings is 1. The summed E-state index contributed by atoms with van der Waals surface area (Å²) in [6.45, 7) is 0. The predicted octanol–water partition coefficient (Wildman–Crippen LogP) is 2.01. The van der Waals surface area contributed by atoms with Crippen molar-refractivity contribution in [1.29, 1.82) is 5.26 Å². The van der Waals surface area contributed by atoms with Crippen molar-refractivity contribution in [2.45, 2.75) is 24.8 Å². The van der Waals surface area contributed by atoms with Gasteiger partial charge in [-0.25, -0.2) is 0 Å². The van der Waals surface area contributed by atoms with Crippen LogP contribution in [0.25, 0.3) is 0 Å². The number of hydrogen-bond acceptors (Lipinski definition) is 3. The molecule has 3 nitrogen and oxygen atoms in total. The van der Waals surface area contributed by atoms with Gasteiger partial charge in [0.1, 0.15) is 6.10 Å². The number of rotatable bonds is 3. The minimum Gasteiger partial charge on any atom is -0.389 e. The third-order valence-electron chi connectivity index (χ3n) is 2.24. The van der Waals surface area contributed by atoms with E-state index in [1.54, 1.807) is 6.07 Å². The smallest absolute Gasteiger partial charge is 0.389 e. The van der Waals surface area contributed by atoms with Gasteiger partial charge in [-0.05, 0) is 17.7 Å². The minimum atomic E-state index is -4.44. The van der Waals surface area contributed by atoms with Crippen LogP contribution in [-0.4, -0.2) is 16.3 Å². The molecule has 0 radical (unpaired) electrons. The Morgan fingerprint density at radius 3 is 2.12 bits per heavy atom. The minimum absolute atomic E-state index is 0.140. The Balaban J connectivity index is 2.85. The molecule has 0 aromatic heterocycles. The van der Waals surface area contributed by atoms with Gasteiger partial charge in [0.2, 0.25) is 0 Å². The van der Waals surface area contributed by atoms with Crippen LogP contribution in [0.15, 0.2) is 24.3 Å². The van der Waals surface area contributed by atoms with Gasteiger partial charge in [-0.15, -0.1) is 0 Å². The number of aliphatic hydroxyl groups excluding tert-OH is 2. The van der Waals surface area contributed by atoms with E-state index in [1.807, 2.05) is 0 Å². The highest BCUT2D eigenvalue weighted by Gasteiger charge is 2.30. The number of nitriles is 1. The number of nitrogens with zero attached hydrogens (tertiary/aromatic N) is 1. The molecule has 2 unspecified atom stereocenters. The van der Waals surface area contributed by atoms with Gasteiger partial charge in [0.25, 0.3) is 0 Å². The van der Waals surface area contributed by atoms with Crippen LogP contribution in [0.5, 0.6) is 0 Å². The van der Waals surface area contributed by atoms with Crippen LogP contribution < -0.4 is 0 Å². The van der Waals surface area contributed by atoms with Crippen LogP contribution >= 0.6 is 0 Å². The second-order valence-electron chi connectivity index (χ2n) is 3.49. The van der Waals surface area contributed by atoms with E-state index in [1.165, 1.54) is 0 Å². The molecule has 6 heteroatoms. The van der Waals surface area contributed by atoms with E-state index < -0.39 is 23.9 Å². The molecule has 0 bridgehead atoms. The van der Waals surface area contributed by atoms with Crippen LogP contribution in [0.3, 0.4) is 0 Å². The summed E-state index contributed by atoms with van der Waals surface area (Å²) in [7, 11) is 0. The Hall–Kier alpha value is -1.58. The average Bonchev–Trinajstić information content (AvgIpc) is 2.27. The Kier molecular flexibility index (Phi) is 4.10. The SMILES string of the molecule is N#CCC(O)C(O)c1ccc(C(F)(F)F)cc1. The van der Waals surface area contributed by atoms with Gasteiger partial charge < -0.3 is 10.2 Å². The number of alkyl halides is 3. The number of hydrogen-bond donors (Lipinski definition) is 2. The van der Waals surface area contributed by atoms with Crippen molar-refractivity contribution in [1.82, 2.24) is 0 Å². The lowest BCUT2D eigenvalue weighted by Gasteiger charge is -2.16. The average molecular weight is 245 g/mol. The summed E-state index contributed by atoms with van der Waals surface area (Å²) in [6, 6.07) is 5.45. The van der Waals surface area contributed by atoms with E-state index in [0.717, 1.165) is 24.3 Å². The van der Waals surface area contributed by atoms with Crippen LogP contribution in [0.1, 0.15) is 23.7 Å². The molecule has 0 amide bonds. The zero-order chi connectivity index (χ0) is 13.1. The summed E-state index contributed by atoms with van der Waals surface area (Å²) >= 11 is 0. The first kappa shape index (κ1) is 13.5. The molecule has 1 aromatic carbocycles. The fourth-order valence-electron chi connectivity index (χ4n) is 1.30. The van der Waals surface area contributed by atoms with Crippen molar-refractivity contribution in [3.63, 3.8) is 0 Å². The Morgan fingerprint density at radius 1 is 1.18 bits per heavy atom. The van der Waals surface area contributed by atoms with E-state index in [9.17, 15) is 23.4 Å². The first-order valence-corrected chi connectivity index (χ1v) is 4.76. The lowest BCUT2D eigenvalue weighted by atomic mass is 10.0. The first-order chi connectivity index (χ1) is 7.86. The summed E-state index contributed by atoms with van der Waals surface area (Å²) in [5.74, 6) is 0. The Labute approximate surface area is 95.7 Å². The molecule has 0 aliphatic rings. The van der Waals surface area contributed by atoms with Gasteiger partial charge in [-0.3, -0.25) is 0 Å². The molecule has 2 atom stereocenters. The van der Waals surface area contributed by atoms with E-state index in [-0.39, 0.29) is 12.0 Å². The third-order valence-corrected chi connectivity index (χ3v) is 2.24. The van der Waals surface area contributed by atoms with E-state index in [4.69, 9.17) is 5.26 Å². The van der Waals surface area contributed by atoms with Crippen molar-refractivity contribution < 1.29 is 23.4 Å². The largest absolute Gasteiger partial charge is 0.416 e. The lowest BCUT2D eigenvalue weighted by molar-refractivity contribution is -0.137. The summed E-state index contributed by atoms with van der Waals surface area (Å²) in [4.78, 5) is 0. The molecule has 0 spiro atoms. The van der Waals surface area contributed by atoms with Crippen LogP contribution in [0, 0.1) is 11.3 Å². The second kappa shape index (κ2) is 5.17. The van der Waals surface area contributed by atoms with Crippen LogP contribution in [-0.2, 0) is 6.18 Å². The zero-order valence-electron chi connectivity index (χ0n) is 8.65. The molecule has 92 valence electrons. The zero-order valence-corrected chi connectivity index (χ0v) is 8.65. The molecule has 0 aliphatic heterocycles. The molecule has 0 fully saturated rings. The molecule has 17 heavy (non-hydrogen) atoms. The molecule has 0 saturated heterocycles. The van der Waals surface area contributed by atoms with Crippen molar-refractivity contribution in [2.75, 3.05) is 0 Å². The molecule has 0 saturated carbocycles. The second-order valence-corrected chi connectivity index (χ2v) is 3.49. The molecule has 1 rings (SSSR count). The monoisotopic (exact) mass is 245 g/mol. The van der Waals surface area contributed by atoms with Crippen molar-refractivity contribution >= 4 is 0 Å². The highest BCUT2D eigenvalue weighted by Crippen LogP contribution is 2.30. The highest BCUT2D eigenvalue weighted by atomic mass is 19.4. The molecule has 2 N–H and O–H groups in total. The molecular formula is C11H10F3NO2. The summed E-state index contributed by atoms with van der Waals surface area (Å²) in [5.41, 5.74) is -0.691. The molecular weight excluding hydrogens is 235 g/mol. The Bertz CT molecular complexity index is 408. The topological polar surface area (TPSA) is 64.2 Å². The van der Waals surface area contributed by atoms with Crippen LogP contribution in [0.2, 0.25) is 0 Å². The lowest BCUT2D eigenvalue weighted by Crippen LogP contribution is -2.17. The van der Waals surface area contributed by atoms with Gasteiger partial charge in [0.05, 0.1) is 24.2 Å². The fourth-order valence-corrected chi connectivity index (χ4v) is 1.30. The fraction of sp³-hybridized carbons (Fsp3) is 0.364. The third kappa shape index (κ3) is 3.44. The van der Waals surface area contributed by atoms with E-state index >= 15 is 0 Å². The summed E-state index contributed by atoms with van der Waals surface area (Å²) in [5, 5.41) is 27.2. The summed E-state index contributed by atoms with van der Waals surface area (Å²) < 4.78 is 36.7. The standard InChI is InChI=1S/C11H10F3NO2/c12-11(13,14)8-3-1-7(2-4-8)10(17)9(16)5-6-15/h1-4,9-10,16-17H,5H2. The van der Waals surface area contributed by atoms with Gasteiger partial charge in [0, 0.05) is 0 Å². The van der Waals surface area contributed by atoms with Gasteiger partial charge in [0.15, 0.2) is 0 Å². The van der Waals surface area contributed by atoms with Crippen molar-refractivity contribution in [3.8, 4) is 6.07 Å². The maximum Gasteiger partial charge on any atom is 0.416 e. The van der Waals surface area contributed by atoms with E-state index in [0.29, 0.717) is 0 Å². The highest BCUT2D eigenvalue weighted by molar-refractivity contribution is 5.26. The maximum absolute atomic E-state index is 12.2.